The number of fused-ring (bicyclic) bond motifs is 1. The van der Waals surface area contributed by atoms with E-state index in [9.17, 15) is 4.79 Å². The van der Waals surface area contributed by atoms with Crippen LogP contribution in [0.3, 0.4) is 0 Å². The summed E-state index contributed by atoms with van der Waals surface area (Å²) in [5.74, 6) is 0.595. The van der Waals surface area contributed by atoms with Gasteiger partial charge in [-0.15, -0.1) is 11.3 Å². The molecule has 0 radical (unpaired) electrons. The van der Waals surface area contributed by atoms with Crippen LogP contribution >= 0.6 is 11.3 Å². The van der Waals surface area contributed by atoms with Crippen molar-refractivity contribution in [1.29, 1.82) is 0 Å². The third-order valence-corrected chi connectivity index (χ3v) is 4.76. The Morgan fingerprint density at radius 3 is 2.89 bits per heavy atom. The van der Waals surface area contributed by atoms with Crippen molar-refractivity contribution in [2.75, 3.05) is 7.05 Å². The van der Waals surface area contributed by atoms with Crippen LogP contribution < -0.4 is 5.73 Å². The lowest BCUT2D eigenvalue weighted by Crippen LogP contribution is -2.41. The highest BCUT2D eigenvalue weighted by molar-refractivity contribution is 7.17. The highest BCUT2D eigenvalue weighted by Crippen LogP contribution is 2.36. The van der Waals surface area contributed by atoms with Crippen LogP contribution in [0, 0.1) is 0 Å². The Bertz CT molecular complexity index is 688. The highest BCUT2D eigenvalue weighted by Gasteiger charge is 2.34. The van der Waals surface area contributed by atoms with Crippen LogP contribution in [0.5, 0.6) is 0 Å². The fraction of sp³-hybridized carbons (Fsp3) is 0.267. The lowest BCUT2D eigenvalue weighted by atomic mass is 9.77. The van der Waals surface area contributed by atoms with E-state index in [1.165, 1.54) is 15.0 Å². The minimum absolute atomic E-state index is 0.0629. The fourth-order valence-corrected chi connectivity index (χ4v) is 3.33. The molecule has 3 nitrogen and oxygen atoms in total. The Morgan fingerprint density at radius 2 is 2.16 bits per heavy atom. The third kappa shape index (κ3) is 1.92. The summed E-state index contributed by atoms with van der Waals surface area (Å²) in [6, 6.07) is 8.49. The quantitative estimate of drug-likeness (QED) is 0.867. The maximum absolute atomic E-state index is 12.0. The summed E-state index contributed by atoms with van der Waals surface area (Å²) in [5, 5.41) is 3.31. The summed E-state index contributed by atoms with van der Waals surface area (Å²) < 4.78 is 1.27. The molecule has 0 fully saturated rings. The van der Waals surface area contributed by atoms with E-state index >= 15 is 0 Å². The first-order valence-electron chi connectivity index (χ1n) is 6.22. The van der Waals surface area contributed by atoms with Crippen molar-refractivity contribution < 1.29 is 4.79 Å². The zero-order valence-electron chi connectivity index (χ0n) is 11.0. The molecule has 2 aromatic rings. The van der Waals surface area contributed by atoms with Crippen molar-refractivity contribution in [2.45, 2.75) is 18.8 Å². The van der Waals surface area contributed by atoms with Crippen molar-refractivity contribution in [1.82, 2.24) is 4.90 Å². The van der Waals surface area contributed by atoms with Gasteiger partial charge in [-0.3, -0.25) is 4.79 Å². The number of hydrogen-bond donors (Lipinski definition) is 1. The predicted molar refractivity (Wildman–Crippen MR) is 78.8 cm³/mol. The normalized spacial score (nSPS) is 23.8. The van der Waals surface area contributed by atoms with Gasteiger partial charge in [0.05, 0.1) is 0 Å². The van der Waals surface area contributed by atoms with Crippen LogP contribution in [0.4, 0.5) is 0 Å². The molecule has 0 spiro atoms. The summed E-state index contributed by atoms with van der Waals surface area (Å²) in [4.78, 5) is 13.5. The minimum Gasteiger partial charge on any atom is -0.385 e. The zero-order valence-corrected chi connectivity index (χ0v) is 11.8. The Hall–Kier alpha value is -1.81. The van der Waals surface area contributed by atoms with Crippen LogP contribution in [0.15, 0.2) is 41.5 Å². The first-order valence-corrected chi connectivity index (χ1v) is 7.10. The van der Waals surface area contributed by atoms with E-state index in [1.54, 1.807) is 18.4 Å². The number of carbonyl (C=O) groups is 1. The summed E-state index contributed by atoms with van der Waals surface area (Å²) in [5.41, 5.74) is 6.77. The molecule has 1 amide bonds. The van der Waals surface area contributed by atoms with Crippen molar-refractivity contribution in [3.63, 3.8) is 0 Å². The monoisotopic (exact) mass is 272 g/mol. The number of rotatable bonds is 1. The molecule has 0 unspecified atom stereocenters. The number of amides is 1. The van der Waals surface area contributed by atoms with Gasteiger partial charge in [-0.05, 0) is 40.6 Å². The molecule has 1 atom stereocenters. The van der Waals surface area contributed by atoms with Crippen molar-refractivity contribution in [2.24, 2.45) is 5.73 Å². The van der Waals surface area contributed by atoms with Gasteiger partial charge in [-0.25, -0.2) is 0 Å². The molecule has 1 aliphatic heterocycles. The number of allylic oxidation sites excluding steroid dienone is 1. The van der Waals surface area contributed by atoms with E-state index in [0.29, 0.717) is 12.2 Å². The SMILES string of the molecule is CN1C(=O)C[C@@](C)(c2ccc3sccc3c2)C=C1N. The number of carbonyl (C=O) groups excluding carboxylic acids is 1. The van der Waals surface area contributed by atoms with Gasteiger partial charge >= 0.3 is 0 Å². The molecule has 2 heterocycles. The lowest BCUT2D eigenvalue weighted by Gasteiger charge is -2.34. The number of thiophene rings is 1. The number of hydrogen-bond acceptors (Lipinski definition) is 3. The Morgan fingerprint density at radius 1 is 1.37 bits per heavy atom. The van der Waals surface area contributed by atoms with Gasteiger partial charge in [0.25, 0.3) is 0 Å². The molecule has 3 rings (SSSR count). The maximum Gasteiger partial charge on any atom is 0.229 e. The molecule has 0 saturated carbocycles. The van der Waals surface area contributed by atoms with Crippen LogP contribution in [0.2, 0.25) is 0 Å². The van der Waals surface area contributed by atoms with Crippen molar-refractivity contribution >= 4 is 27.3 Å². The predicted octanol–water partition coefficient (Wildman–Crippen LogP) is 2.82. The van der Waals surface area contributed by atoms with Gasteiger partial charge in [0.2, 0.25) is 5.91 Å². The van der Waals surface area contributed by atoms with Gasteiger partial charge in [-0.2, -0.15) is 0 Å². The van der Waals surface area contributed by atoms with Crippen LogP contribution in [-0.2, 0) is 10.2 Å². The molecule has 4 heteroatoms. The fourth-order valence-electron chi connectivity index (χ4n) is 2.56. The molecule has 1 aromatic carbocycles. The Kier molecular flexibility index (Phi) is 2.64. The molecular formula is C15H16N2OS. The molecule has 1 aromatic heterocycles. The van der Waals surface area contributed by atoms with Gasteiger partial charge in [0.1, 0.15) is 5.82 Å². The summed E-state index contributed by atoms with van der Waals surface area (Å²) >= 11 is 1.73. The molecule has 19 heavy (non-hydrogen) atoms. The minimum atomic E-state index is -0.316. The van der Waals surface area contributed by atoms with Gasteiger partial charge in [-0.1, -0.05) is 13.0 Å². The topological polar surface area (TPSA) is 46.3 Å². The first kappa shape index (κ1) is 12.2. The van der Waals surface area contributed by atoms with Crippen LogP contribution in [-0.4, -0.2) is 17.9 Å². The average molecular weight is 272 g/mol. The third-order valence-electron chi connectivity index (χ3n) is 3.86. The first-order chi connectivity index (χ1) is 8.99. The van der Waals surface area contributed by atoms with E-state index in [4.69, 9.17) is 5.73 Å². The summed E-state index contributed by atoms with van der Waals surface area (Å²) in [6.07, 6.45) is 2.45. The second-order valence-corrected chi connectivity index (χ2v) is 6.24. The molecule has 2 N–H and O–H groups in total. The summed E-state index contributed by atoms with van der Waals surface area (Å²) in [6.45, 7) is 2.07. The number of nitrogens with two attached hydrogens (primary N) is 1. The Balaban J connectivity index is 2.11. The van der Waals surface area contributed by atoms with Crippen LogP contribution in [0.25, 0.3) is 10.1 Å². The van der Waals surface area contributed by atoms with E-state index in [0.717, 1.165) is 5.56 Å². The molecular weight excluding hydrogens is 256 g/mol. The van der Waals surface area contributed by atoms with E-state index in [-0.39, 0.29) is 11.3 Å². The van der Waals surface area contributed by atoms with E-state index < -0.39 is 0 Å². The smallest absolute Gasteiger partial charge is 0.229 e. The number of benzene rings is 1. The highest BCUT2D eigenvalue weighted by atomic mass is 32.1. The Labute approximate surface area is 116 Å². The lowest BCUT2D eigenvalue weighted by molar-refractivity contribution is -0.130. The van der Waals surface area contributed by atoms with Crippen molar-refractivity contribution in [3.05, 3.63) is 47.1 Å². The second-order valence-electron chi connectivity index (χ2n) is 5.29. The molecule has 98 valence electrons. The summed E-state index contributed by atoms with van der Waals surface area (Å²) in [7, 11) is 1.72. The second kappa shape index (κ2) is 4.10. The molecule has 1 aliphatic rings. The largest absolute Gasteiger partial charge is 0.385 e. The molecule has 0 bridgehead atoms. The standard InChI is InChI=1S/C15H16N2OS/c1-15(8-13(16)17(2)14(18)9-15)11-3-4-12-10(7-11)5-6-19-12/h3-8H,9,16H2,1-2H3/t15-/m0/s1. The molecule has 0 aliphatic carbocycles. The van der Waals surface area contributed by atoms with Gasteiger partial charge in [0, 0.05) is 23.6 Å². The zero-order chi connectivity index (χ0) is 13.6. The van der Waals surface area contributed by atoms with E-state index in [1.807, 2.05) is 6.08 Å². The van der Waals surface area contributed by atoms with Crippen LogP contribution in [0.1, 0.15) is 18.9 Å². The van der Waals surface area contributed by atoms with E-state index in [2.05, 4.69) is 36.6 Å². The average Bonchev–Trinajstić information content (AvgIpc) is 2.83. The van der Waals surface area contributed by atoms with Gasteiger partial charge in [0.15, 0.2) is 0 Å². The maximum atomic E-state index is 12.0. The van der Waals surface area contributed by atoms with Gasteiger partial charge < -0.3 is 10.6 Å². The van der Waals surface area contributed by atoms with Crippen molar-refractivity contribution in [3.8, 4) is 0 Å². The number of nitrogens with zero attached hydrogens (tertiary/aromatic N) is 1. The molecule has 0 saturated heterocycles.